The normalized spacial score (nSPS) is 12.1. The summed E-state index contributed by atoms with van der Waals surface area (Å²) in [7, 11) is 1.51. The summed E-state index contributed by atoms with van der Waals surface area (Å²) in [5, 5.41) is 17.6. The molecule has 7 heteroatoms. The van der Waals surface area contributed by atoms with Crippen molar-refractivity contribution in [2.45, 2.75) is 6.92 Å². The lowest BCUT2D eigenvalue weighted by Crippen LogP contribution is -2.12. The van der Waals surface area contributed by atoms with Gasteiger partial charge in [0.25, 0.3) is 0 Å². The fourth-order valence-electron chi connectivity index (χ4n) is 2.91. The van der Waals surface area contributed by atoms with E-state index >= 15 is 0 Å². The van der Waals surface area contributed by atoms with Crippen LogP contribution in [0, 0.1) is 0 Å². The van der Waals surface area contributed by atoms with Gasteiger partial charge in [0.2, 0.25) is 4.80 Å². The molecule has 0 fully saturated rings. The lowest BCUT2D eigenvalue weighted by Gasteiger charge is -2.04. The number of thiazole rings is 1. The van der Waals surface area contributed by atoms with E-state index < -0.39 is 0 Å². The molecule has 0 bridgehead atoms. The highest BCUT2D eigenvalue weighted by molar-refractivity contribution is 7.07. The molecule has 0 spiro atoms. The molecule has 0 unspecified atom stereocenters. The van der Waals surface area contributed by atoms with Gasteiger partial charge in [-0.3, -0.25) is 4.99 Å². The van der Waals surface area contributed by atoms with Crippen molar-refractivity contribution in [1.82, 2.24) is 4.68 Å². The Hall–Kier alpha value is -3.58. The fourth-order valence-corrected chi connectivity index (χ4v) is 3.73. The maximum Gasteiger partial charge on any atom is 0.206 e. The van der Waals surface area contributed by atoms with Crippen molar-refractivity contribution in [3.63, 3.8) is 0 Å². The topological polar surface area (TPSA) is 72.2 Å². The molecule has 0 radical (unpaired) electrons. The van der Waals surface area contributed by atoms with Gasteiger partial charge in [-0.05, 0) is 42.8 Å². The van der Waals surface area contributed by atoms with Gasteiger partial charge in [-0.25, -0.2) is 4.68 Å². The van der Waals surface area contributed by atoms with Crippen LogP contribution in [0.25, 0.3) is 22.4 Å². The molecule has 0 saturated heterocycles. The van der Waals surface area contributed by atoms with Gasteiger partial charge in [0.05, 0.1) is 19.9 Å². The number of para-hydroxylation sites is 1. The molecule has 0 aliphatic carbocycles. The van der Waals surface area contributed by atoms with E-state index in [4.69, 9.17) is 9.15 Å². The number of hydrogen-bond acceptors (Lipinski definition) is 6. The minimum Gasteiger partial charge on any atom is -0.504 e. The Balaban J connectivity index is 1.79. The summed E-state index contributed by atoms with van der Waals surface area (Å²) in [4.78, 5) is 5.34. The number of ether oxygens (including phenoxy) is 1. The van der Waals surface area contributed by atoms with Crippen LogP contribution in [0.1, 0.15) is 12.5 Å². The van der Waals surface area contributed by atoms with Crippen molar-refractivity contribution >= 4 is 28.5 Å². The number of rotatable bonds is 6. The minimum absolute atomic E-state index is 0.0569. The minimum atomic E-state index is 0.0569. The van der Waals surface area contributed by atoms with E-state index in [1.165, 1.54) is 18.4 Å². The molecule has 2 aromatic heterocycles. The molecule has 2 heterocycles. The predicted molar refractivity (Wildman–Crippen MR) is 120 cm³/mol. The number of aromatic nitrogens is 1. The first-order chi connectivity index (χ1) is 14.5. The maximum atomic E-state index is 10.0. The van der Waals surface area contributed by atoms with E-state index in [0.717, 1.165) is 32.6 Å². The molecule has 4 aromatic rings. The van der Waals surface area contributed by atoms with E-state index in [0.29, 0.717) is 18.1 Å². The number of phenols is 1. The van der Waals surface area contributed by atoms with Crippen molar-refractivity contribution in [3.05, 3.63) is 76.4 Å². The van der Waals surface area contributed by atoms with Crippen LogP contribution in [0.5, 0.6) is 11.5 Å². The van der Waals surface area contributed by atoms with E-state index in [-0.39, 0.29) is 5.75 Å². The average Bonchev–Trinajstić information content (AvgIpc) is 3.34. The van der Waals surface area contributed by atoms with Crippen LogP contribution in [0.2, 0.25) is 0 Å². The third kappa shape index (κ3) is 4.06. The number of methoxy groups -OCH3 is 1. The van der Waals surface area contributed by atoms with Crippen LogP contribution in [-0.2, 0) is 0 Å². The largest absolute Gasteiger partial charge is 0.504 e. The quantitative estimate of drug-likeness (QED) is 0.352. The highest BCUT2D eigenvalue weighted by Gasteiger charge is 2.13. The van der Waals surface area contributed by atoms with Crippen molar-refractivity contribution < 1.29 is 14.3 Å². The van der Waals surface area contributed by atoms with Crippen LogP contribution in [0.4, 0.5) is 0 Å². The van der Waals surface area contributed by atoms with Crippen molar-refractivity contribution in [2.75, 3.05) is 13.7 Å². The Labute approximate surface area is 177 Å². The van der Waals surface area contributed by atoms with Crippen LogP contribution >= 0.6 is 11.3 Å². The monoisotopic (exact) mass is 419 g/mol. The second-order valence-electron chi connectivity index (χ2n) is 6.81. The number of phenolic OH excluding ortho intramolecular Hbond substituents is 1. The van der Waals surface area contributed by atoms with Crippen molar-refractivity contribution in [2.24, 2.45) is 10.1 Å². The first-order valence-electron chi connectivity index (χ1n) is 9.31. The standard InChI is InChI=1S/C23H21N3O3S/c1-15(2)12-24-23-26(25-13-16-8-9-21(28-3)19(27)10-16)18(14-30-23)22-11-17-6-4-5-7-20(17)29-22/h4-11,13-14,27H,1,12H2,2-3H3. The van der Waals surface area contributed by atoms with Gasteiger partial charge in [-0.2, -0.15) is 5.10 Å². The third-order valence-electron chi connectivity index (χ3n) is 4.37. The highest BCUT2D eigenvalue weighted by Crippen LogP contribution is 2.28. The second-order valence-corrected chi connectivity index (χ2v) is 7.65. The van der Waals surface area contributed by atoms with Gasteiger partial charge in [0.1, 0.15) is 11.3 Å². The zero-order chi connectivity index (χ0) is 21.1. The van der Waals surface area contributed by atoms with Crippen molar-refractivity contribution in [1.29, 1.82) is 0 Å². The van der Waals surface area contributed by atoms with E-state index in [1.807, 2.05) is 48.7 Å². The Morgan fingerprint density at radius 1 is 1.27 bits per heavy atom. The van der Waals surface area contributed by atoms with Gasteiger partial charge in [0, 0.05) is 10.8 Å². The summed E-state index contributed by atoms with van der Waals surface area (Å²) in [6.45, 7) is 6.37. The number of fused-ring (bicyclic) bond motifs is 1. The Morgan fingerprint density at radius 3 is 2.83 bits per heavy atom. The lowest BCUT2D eigenvalue weighted by atomic mass is 10.2. The lowest BCUT2D eigenvalue weighted by molar-refractivity contribution is 0.373. The molecule has 152 valence electrons. The molecule has 0 saturated carbocycles. The molecule has 2 aromatic carbocycles. The Bertz CT molecular complexity index is 1280. The summed E-state index contributed by atoms with van der Waals surface area (Å²) in [6, 6.07) is 15.0. The molecule has 4 rings (SSSR count). The molecule has 6 nitrogen and oxygen atoms in total. The number of benzene rings is 2. The summed E-state index contributed by atoms with van der Waals surface area (Å²) in [5.41, 5.74) is 3.30. The zero-order valence-corrected chi connectivity index (χ0v) is 17.5. The molecular weight excluding hydrogens is 398 g/mol. The average molecular weight is 420 g/mol. The van der Waals surface area contributed by atoms with Gasteiger partial charge < -0.3 is 14.3 Å². The van der Waals surface area contributed by atoms with Crippen LogP contribution in [0.15, 0.2) is 80.6 Å². The van der Waals surface area contributed by atoms with Gasteiger partial charge >= 0.3 is 0 Å². The molecule has 30 heavy (non-hydrogen) atoms. The smallest absolute Gasteiger partial charge is 0.206 e. The van der Waals surface area contributed by atoms with Gasteiger partial charge in [-0.15, -0.1) is 11.3 Å². The van der Waals surface area contributed by atoms with Gasteiger partial charge in [0.15, 0.2) is 17.3 Å². The van der Waals surface area contributed by atoms with E-state index in [9.17, 15) is 5.11 Å². The molecular formula is C23H21N3O3S. The third-order valence-corrected chi connectivity index (χ3v) is 5.23. The van der Waals surface area contributed by atoms with E-state index in [1.54, 1.807) is 23.0 Å². The number of hydrogen-bond donors (Lipinski definition) is 1. The second kappa shape index (κ2) is 8.42. The number of furan rings is 1. The molecule has 0 atom stereocenters. The Morgan fingerprint density at radius 2 is 2.10 bits per heavy atom. The Kier molecular flexibility index (Phi) is 5.54. The summed E-state index contributed by atoms with van der Waals surface area (Å²) >= 11 is 1.48. The molecule has 0 aliphatic heterocycles. The van der Waals surface area contributed by atoms with E-state index in [2.05, 4.69) is 16.7 Å². The molecule has 1 N–H and O–H groups in total. The SMILES string of the molecule is C=C(C)CN=c1scc(-c2cc3ccccc3o2)n1N=Cc1ccc(OC)c(O)c1. The number of nitrogens with zero attached hydrogens (tertiary/aromatic N) is 3. The summed E-state index contributed by atoms with van der Waals surface area (Å²) in [6.07, 6.45) is 1.66. The summed E-state index contributed by atoms with van der Waals surface area (Å²) < 4.78 is 12.9. The molecule has 0 aliphatic rings. The number of aromatic hydroxyl groups is 1. The maximum absolute atomic E-state index is 10.0. The predicted octanol–water partition coefficient (Wildman–Crippen LogP) is 5.04. The molecule has 0 amide bonds. The van der Waals surface area contributed by atoms with Crippen molar-refractivity contribution in [3.8, 4) is 23.0 Å². The fraction of sp³-hybridized carbons (Fsp3) is 0.130. The van der Waals surface area contributed by atoms with Crippen LogP contribution < -0.4 is 9.54 Å². The zero-order valence-electron chi connectivity index (χ0n) is 16.7. The highest BCUT2D eigenvalue weighted by atomic mass is 32.1. The summed E-state index contributed by atoms with van der Waals surface area (Å²) in [5.74, 6) is 1.18. The first-order valence-corrected chi connectivity index (χ1v) is 10.2. The first kappa shape index (κ1) is 19.7. The van der Waals surface area contributed by atoms with Gasteiger partial charge in [-0.1, -0.05) is 30.4 Å². The van der Waals surface area contributed by atoms with Crippen LogP contribution in [-0.4, -0.2) is 29.7 Å². The van der Waals surface area contributed by atoms with Crippen LogP contribution in [0.3, 0.4) is 0 Å².